The van der Waals surface area contributed by atoms with Crippen LogP contribution in [0.15, 0.2) is 0 Å². The van der Waals surface area contributed by atoms with E-state index in [1.54, 1.807) is 0 Å². The van der Waals surface area contributed by atoms with Gasteiger partial charge in [0.1, 0.15) is 0 Å². The van der Waals surface area contributed by atoms with Crippen molar-refractivity contribution < 1.29 is 9.90 Å². The first kappa shape index (κ1) is 13.8. The van der Waals surface area contributed by atoms with Gasteiger partial charge >= 0.3 is 0 Å². The highest BCUT2D eigenvalue weighted by Crippen LogP contribution is 2.27. The minimum absolute atomic E-state index is 0.0735. The molecule has 2 saturated carbocycles. The first-order valence-corrected chi connectivity index (χ1v) is 7.23. The highest BCUT2D eigenvalue weighted by Gasteiger charge is 2.33. The maximum absolute atomic E-state index is 12.1. The van der Waals surface area contributed by atoms with Crippen molar-refractivity contribution in [3.8, 4) is 0 Å². The van der Waals surface area contributed by atoms with Crippen LogP contribution in [0.2, 0.25) is 0 Å². The zero-order valence-electron chi connectivity index (χ0n) is 11.6. The van der Waals surface area contributed by atoms with Crippen molar-refractivity contribution in [3.63, 3.8) is 0 Å². The summed E-state index contributed by atoms with van der Waals surface area (Å²) in [5.41, 5.74) is 0. The van der Waals surface area contributed by atoms with Crippen LogP contribution in [0.3, 0.4) is 0 Å². The van der Waals surface area contributed by atoms with Crippen molar-refractivity contribution in [2.75, 3.05) is 14.1 Å². The first-order chi connectivity index (χ1) is 8.58. The third kappa shape index (κ3) is 3.23. The van der Waals surface area contributed by atoms with Gasteiger partial charge < -0.3 is 15.3 Å². The molecule has 18 heavy (non-hydrogen) atoms. The predicted octanol–water partition coefficient (Wildman–Crippen LogP) is 1.14. The van der Waals surface area contributed by atoms with Crippen LogP contribution < -0.4 is 5.32 Å². The monoisotopic (exact) mass is 254 g/mol. The number of nitrogens with zero attached hydrogens (tertiary/aromatic N) is 1. The van der Waals surface area contributed by atoms with Gasteiger partial charge in [-0.2, -0.15) is 0 Å². The van der Waals surface area contributed by atoms with Gasteiger partial charge in [0.15, 0.2) is 0 Å². The molecule has 2 aliphatic rings. The van der Waals surface area contributed by atoms with E-state index in [1.165, 1.54) is 12.8 Å². The molecular weight excluding hydrogens is 228 g/mol. The van der Waals surface area contributed by atoms with Crippen molar-refractivity contribution in [2.45, 2.75) is 63.1 Å². The fraction of sp³-hybridized carbons (Fsp3) is 0.929. The molecule has 0 radical (unpaired) electrons. The van der Waals surface area contributed by atoms with E-state index >= 15 is 0 Å². The molecule has 2 N–H and O–H groups in total. The number of nitrogens with one attached hydrogen (secondary N) is 1. The van der Waals surface area contributed by atoms with E-state index in [0.29, 0.717) is 12.1 Å². The van der Waals surface area contributed by atoms with Crippen molar-refractivity contribution in [1.82, 2.24) is 10.2 Å². The summed E-state index contributed by atoms with van der Waals surface area (Å²) in [5.74, 6) is -0.0888. The Labute approximate surface area is 110 Å². The number of amides is 1. The molecule has 0 aliphatic heterocycles. The second-order valence-electron chi connectivity index (χ2n) is 6.09. The number of rotatable bonds is 3. The minimum Gasteiger partial charge on any atom is -0.392 e. The Morgan fingerprint density at radius 1 is 1.17 bits per heavy atom. The summed E-state index contributed by atoms with van der Waals surface area (Å²) in [7, 11) is 4.21. The SMILES string of the molecule is CN(C)C1CCCC(NC(=O)C2CCCC2O)C1. The number of carbonyl (C=O) groups is 1. The highest BCUT2D eigenvalue weighted by molar-refractivity contribution is 5.79. The molecule has 1 amide bonds. The Bertz CT molecular complexity index is 294. The number of hydrogen-bond donors (Lipinski definition) is 2. The van der Waals surface area contributed by atoms with Crippen LogP contribution in [0.1, 0.15) is 44.9 Å². The molecule has 4 unspecified atom stereocenters. The van der Waals surface area contributed by atoms with E-state index in [-0.39, 0.29) is 11.8 Å². The third-order valence-electron chi connectivity index (χ3n) is 4.54. The van der Waals surface area contributed by atoms with Crippen molar-refractivity contribution in [1.29, 1.82) is 0 Å². The smallest absolute Gasteiger partial charge is 0.225 e. The van der Waals surface area contributed by atoms with Crippen molar-refractivity contribution in [2.24, 2.45) is 5.92 Å². The standard InChI is InChI=1S/C14H26N2O2/c1-16(2)11-6-3-5-10(9-11)15-14(18)12-7-4-8-13(12)17/h10-13,17H,3-9H2,1-2H3,(H,15,18). The second kappa shape index (κ2) is 6.02. The van der Waals surface area contributed by atoms with Gasteiger partial charge in [0.2, 0.25) is 5.91 Å². The Balaban J connectivity index is 1.83. The minimum atomic E-state index is -0.418. The summed E-state index contributed by atoms with van der Waals surface area (Å²) >= 11 is 0. The van der Waals surface area contributed by atoms with Crippen LogP contribution in [0, 0.1) is 5.92 Å². The van der Waals surface area contributed by atoms with Crippen LogP contribution in [0.4, 0.5) is 0 Å². The van der Waals surface area contributed by atoms with Gasteiger partial charge in [-0.3, -0.25) is 4.79 Å². The van der Waals surface area contributed by atoms with Gasteiger partial charge in [0.05, 0.1) is 12.0 Å². The van der Waals surface area contributed by atoms with Gasteiger partial charge in [0, 0.05) is 12.1 Å². The summed E-state index contributed by atoms with van der Waals surface area (Å²) in [4.78, 5) is 14.4. The summed E-state index contributed by atoms with van der Waals surface area (Å²) in [6, 6.07) is 0.879. The van der Waals surface area contributed by atoms with E-state index in [2.05, 4.69) is 24.3 Å². The lowest BCUT2D eigenvalue weighted by molar-refractivity contribution is -0.128. The average Bonchev–Trinajstić information content (AvgIpc) is 2.76. The largest absolute Gasteiger partial charge is 0.392 e. The zero-order chi connectivity index (χ0) is 13.1. The molecule has 0 aromatic heterocycles. The average molecular weight is 254 g/mol. The molecule has 104 valence electrons. The Morgan fingerprint density at radius 2 is 1.89 bits per heavy atom. The molecule has 2 aliphatic carbocycles. The van der Waals surface area contributed by atoms with Crippen LogP contribution in [0.25, 0.3) is 0 Å². The van der Waals surface area contributed by atoms with E-state index in [1.807, 2.05) is 0 Å². The number of aliphatic hydroxyl groups excluding tert-OH is 1. The van der Waals surface area contributed by atoms with Crippen LogP contribution >= 0.6 is 0 Å². The summed E-state index contributed by atoms with van der Waals surface area (Å²) in [6.45, 7) is 0. The molecule has 2 rings (SSSR count). The molecule has 4 heteroatoms. The molecule has 4 nitrogen and oxygen atoms in total. The number of hydrogen-bond acceptors (Lipinski definition) is 3. The van der Waals surface area contributed by atoms with E-state index in [9.17, 15) is 9.90 Å². The predicted molar refractivity (Wildman–Crippen MR) is 71.2 cm³/mol. The molecule has 0 bridgehead atoms. The molecule has 0 heterocycles. The molecule has 4 atom stereocenters. The molecular formula is C14H26N2O2. The van der Waals surface area contributed by atoms with E-state index in [0.717, 1.165) is 32.1 Å². The second-order valence-corrected chi connectivity index (χ2v) is 6.09. The topological polar surface area (TPSA) is 52.6 Å². The van der Waals surface area contributed by atoms with Gasteiger partial charge in [-0.15, -0.1) is 0 Å². The molecule has 2 fully saturated rings. The maximum Gasteiger partial charge on any atom is 0.225 e. The Morgan fingerprint density at radius 3 is 2.50 bits per heavy atom. The van der Waals surface area contributed by atoms with E-state index in [4.69, 9.17) is 0 Å². The van der Waals surface area contributed by atoms with Crippen molar-refractivity contribution in [3.05, 3.63) is 0 Å². The van der Waals surface area contributed by atoms with Crippen LogP contribution in [-0.4, -0.2) is 48.2 Å². The summed E-state index contributed by atoms with van der Waals surface area (Å²) < 4.78 is 0. The zero-order valence-corrected chi connectivity index (χ0v) is 11.6. The lowest BCUT2D eigenvalue weighted by Crippen LogP contribution is -2.46. The maximum atomic E-state index is 12.1. The lowest BCUT2D eigenvalue weighted by Gasteiger charge is -2.34. The third-order valence-corrected chi connectivity index (χ3v) is 4.54. The molecule has 0 saturated heterocycles. The Hall–Kier alpha value is -0.610. The summed E-state index contributed by atoms with van der Waals surface area (Å²) in [6.07, 6.45) is 6.72. The van der Waals surface area contributed by atoms with Gasteiger partial charge in [-0.25, -0.2) is 0 Å². The number of aliphatic hydroxyl groups is 1. The van der Waals surface area contributed by atoms with E-state index < -0.39 is 6.10 Å². The lowest BCUT2D eigenvalue weighted by atomic mass is 9.90. The fourth-order valence-corrected chi connectivity index (χ4v) is 3.32. The normalized spacial score (nSPS) is 36.9. The van der Waals surface area contributed by atoms with Crippen LogP contribution in [-0.2, 0) is 4.79 Å². The highest BCUT2D eigenvalue weighted by atomic mass is 16.3. The molecule has 0 spiro atoms. The fourth-order valence-electron chi connectivity index (χ4n) is 3.32. The molecule has 0 aromatic carbocycles. The van der Waals surface area contributed by atoms with Gasteiger partial charge in [-0.1, -0.05) is 0 Å². The Kier molecular flexibility index (Phi) is 4.62. The van der Waals surface area contributed by atoms with Gasteiger partial charge in [-0.05, 0) is 59.0 Å². The number of carbonyl (C=O) groups excluding carboxylic acids is 1. The van der Waals surface area contributed by atoms with Crippen LogP contribution in [0.5, 0.6) is 0 Å². The quantitative estimate of drug-likeness (QED) is 0.794. The van der Waals surface area contributed by atoms with Crippen molar-refractivity contribution >= 4 is 5.91 Å². The summed E-state index contributed by atoms with van der Waals surface area (Å²) in [5, 5.41) is 12.9. The van der Waals surface area contributed by atoms with Gasteiger partial charge in [0.25, 0.3) is 0 Å². The molecule has 0 aromatic rings. The first-order valence-electron chi connectivity index (χ1n) is 7.23.